The van der Waals surface area contributed by atoms with Crippen LogP contribution in [0.1, 0.15) is 46.4 Å². The van der Waals surface area contributed by atoms with E-state index < -0.39 is 0 Å². The van der Waals surface area contributed by atoms with Gasteiger partial charge in [0.1, 0.15) is 6.54 Å². The number of hydrogen-bond donors (Lipinski definition) is 1. The number of benzene rings is 2. The Balaban J connectivity index is 1.60. The van der Waals surface area contributed by atoms with Gasteiger partial charge in [0.05, 0.1) is 5.52 Å². The third-order valence-electron chi connectivity index (χ3n) is 5.74. The molecule has 1 aliphatic heterocycles. The fraction of sp³-hybridized carbons (Fsp3) is 0.375. The summed E-state index contributed by atoms with van der Waals surface area (Å²) in [4.78, 5) is 27.8. The van der Waals surface area contributed by atoms with Gasteiger partial charge in [-0.1, -0.05) is 35.9 Å². The van der Waals surface area contributed by atoms with Crippen molar-refractivity contribution >= 4 is 28.4 Å². The summed E-state index contributed by atoms with van der Waals surface area (Å²) >= 11 is 0. The highest BCUT2D eigenvalue weighted by atomic mass is 16.2. The van der Waals surface area contributed by atoms with Gasteiger partial charge in [-0.2, -0.15) is 5.10 Å². The van der Waals surface area contributed by atoms with Gasteiger partial charge in [0, 0.05) is 24.2 Å². The first-order valence-corrected chi connectivity index (χ1v) is 10.6. The van der Waals surface area contributed by atoms with Crippen molar-refractivity contribution in [2.24, 2.45) is 0 Å². The van der Waals surface area contributed by atoms with Gasteiger partial charge in [0.2, 0.25) is 5.91 Å². The van der Waals surface area contributed by atoms with Crippen molar-refractivity contribution in [1.82, 2.24) is 14.7 Å². The second-order valence-corrected chi connectivity index (χ2v) is 8.20. The SMILES string of the molecule is Cc1cc(C)c(NC(=O)Cn2nc(C(=O)N3CCCCC3)c3ccccc32)c(C)c1. The van der Waals surface area contributed by atoms with E-state index in [1.807, 2.05) is 49.9 Å². The molecule has 6 nitrogen and oxygen atoms in total. The molecule has 1 aromatic heterocycles. The van der Waals surface area contributed by atoms with E-state index in [1.165, 1.54) is 5.56 Å². The molecule has 0 spiro atoms. The van der Waals surface area contributed by atoms with Gasteiger partial charge in [0.15, 0.2) is 5.69 Å². The number of anilines is 1. The highest BCUT2D eigenvalue weighted by molar-refractivity contribution is 6.05. The number of para-hydroxylation sites is 1. The van der Waals surface area contributed by atoms with Crippen molar-refractivity contribution in [2.45, 2.75) is 46.6 Å². The van der Waals surface area contributed by atoms with Crippen LogP contribution in [0.3, 0.4) is 0 Å². The predicted octanol–water partition coefficient (Wildman–Crippen LogP) is 4.23. The smallest absolute Gasteiger partial charge is 0.275 e. The van der Waals surface area contributed by atoms with E-state index in [9.17, 15) is 9.59 Å². The van der Waals surface area contributed by atoms with Crippen molar-refractivity contribution in [3.8, 4) is 0 Å². The number of likely N-dealkylation sites (tertiary alicyclic amines) is 1. The highest BCUT2D eigenvalue weighted by Crippen LogP contribution is 2.24. The number of rotatable bonds is 4. The molecule has 30 heavy (non-hydrogen) atoms. The first-order valence-electron chi connectivity index (χ1n) is 10.6. The Kier molecular flexibility index (Phi) is 5.57. The van der Waals surface area contributed by atoms with Gasteiger partial charge >= 0.3 is 0 Å². The van der Waals surface area contributed by atoms with Crippen LogP contribution in [0.25, 0.3) is 10.9 Å². The van der Waals surface area contributed by atoms with Crippen LogP contribution in [-0.2, 0) is 11.3 Å². The first kappa shape index (κ1) is 20.1. The molecule has 0 unspecified atom stereocenters. The van der Waals surface area contributed by atoms with Crippen LogP contribution in [0, 0.1) is 20.8 Å². The molecule has 0 saturated carbocycles. The van der Waals surface area contributed by atoms with Crippen LogP contribution < -0.4 is 5.32 Å². The molecule has 1 saturated heterocycles. The molecule has 0 radical (unpaired) electrons. The Hall–Kier alpha value is -3.15. The molecular weight excluding hydrogens is 376 g/mol. The fourth-order valence-corrected chi connectivity index (χ4v) is 4.34. The van der Waals surface area contributed by atoms with E-state index in [2.05, 4.69) is 22.5 Å². The second-order valence-electron chi connectivity index (χ2n) is 8.20. The van der Waals surface area contributed by atoms with Gasteiger partial charge in [-0.25, -0.2) is 0 Å². The van der Waals surface area contributed by atoms with E-state index in [-0.39, 0.29) is 18.4 Å². The monoisotopic (exact) mass is 404 g/mol. The Bertz CT molecular complexity index is 1090. The van der Waals surface area contributed by atoms with Crippen LogP contribution in [0.5, 0.6) is 0 Å². The average molecular weight is 405 g/mol. The zero-order chi connectivity index (χ0) is 21.3. The molecule has 2 amide bonds. The van der Waals surface area contributed by atoms with Crippen molar-refractivity contribution in [3.63, 3.8) is 0 Å². The summed E-state index contributed by atoms with van der Waals surface area (Å²) in [6.07, 6.45) is 3.22. The van der Waals surface area contributed by atoms with Crippen molar-refractivity contribution < 1.29 is 9.59 Å². The summed E-state index contributed by atoms with van der Waals surface area (Å²) in [5.41, 5.74) is 5.31. The maximum atomic E-state index is 13.1. The maximum absolute atomic E-state index is 13.1. The quantitative estimate of drug-likeness (QED) is 0.708. The van der Waals surface area contributed by atoms with Crippen molar-refractivity contribution in [1.29, 1.82) is 0 Å². The normalized spacial score (nSPS) is 14.2. The summed E-state index contributed by atoms with van der Waals surface area (Å²) in [5.74, 6) is -0.203. The molecule has 0 atom stereocenters. The Morgan fingerprint density at radius 3 is 2.37 bits per heavy atom. The molecule has 1 aliphatic rings. The third kappa shape index (κ3) is 3.95. The first-order chi connectivity index (χ1) is 14.4. The highest BCUT2D eigenvalue weighted by Gasteiger charge is 2.24. The lowest BCUT2D eigenvalue weighted by Gasteiger charge is -2.25. The molecule has 0 bridgehead atoms. The zero-order valence-corrected chi connectivity index (χ0v) is 17.9. The number of aryl methyl sites for hydroxylation is 3. The summed E-state index contributed by atoms with van der Waals surface area (Å²) in [6.45, 7) is 7.63. The van der Waals surface area contributed by atoms with Crippen molar-refractivity contribution in [3.05, 3.63) is 58.8 Å². The Morgan fingerprint density at radius 1 is 1.00 bits per heavy atom. The largest absolute Gasteiger partial charge is 0.337 e. The topological polar surface area (TPSA) is 67.2 Å². The van der Waals surface area contributed by atoms with Crippen molar-refractivity contribution in [2.75, 3.05) is 18.4 Å². The van der Waals surface area contributed by atoms with Gasteiger partial charge < -0.3 is 10.2 Å². The third-order valence-corrected chi connectivity index (χ3v) is 5.74. The minimum atomic E-state index is -0.157. The fourth-order valence-electron chi connectivity index (χ4n) is 4.34. The van der Waals surface area contributed by atoms with Crippen LogP contribution in [0.4, 0.5) is 5.69 Å². The molecule has 0 aliphatic carbocycles. The number of carbonyl (C=O) groups is 2. The van der Waals surface area contributed by atoms with E-state index >= 15 is 0 Å². The van der Waals surface area contributed by atoms with Gasteiger partial charge in [-0.05, 0) is 57.2 Å². The lowest BCUT2D eigenvalue weighted by atomic mass is 10.1. The van der Waals surface area contributed by atoms with E-state index in [0.29, 0.717) is 5.69 Å². The number of nitrogens with one attached hydrogen (secondary N) is 1. The number of piperidine rings is 1. The average Bonchev–Trinajstić information content (AvgIpc) is 3.09. The minimum absolute atomic E-state index is 0.0460. The van der Waals surface area contributed by atoms with E-state index in [0.717, 1.165) is 60.1 Å². The number of fused-ring (bicyclic) bond motifs is 1. The lowest BCUT2D eigenvalue weighted by Crippen LogP contribution is -2.36. The molecule has 2 heterocycles. The van der Waals surface area contributed by atoms with Crippen LogP contribution in [0.2, 0.25) is 0 Å². The summed E-state index contributed by atoms with van der Waals surface area (Å²) in [7, 11) is 0. The molecule has 3 aromatic rings. The molecule has 156 valence electrons. The van der Waals surface area contributed by atoms with Gasteiger partial charge in [0.25, 0.3) is 5.91 Å². The summed E-state index contributed by atoms with van der Waals surface area (Å²) in [5, 5.41) is 8.39. The van der Waals surface area contributed by atoms with Crippen LogP contribution in [0.15, 0.2) is 36.4 Å². The maximum Gasteiger partial charge on any atom is 0.275 e. The molecular formula is C24H28N4O2. The number of nitrogens with zero attached hydrogens (tertiary/aromatic N) is 3. The number of hydrogen-bond acceptors (Lipinski definition) is 3. The number of carbonyl (C=O) groups excluding carboxylic acids is 2. The second kappa shape index (κ2) is 8.30. The van der Waals surface area contributed by atoms with E-state index in [1.54, 1.807) is 4.68 Å². The lowest BCUT2D eigenvalue weighted by molar-refractivity contribution is -0.116. The van der Waals surface area contributed by atoms with Gasteiger partial charge in [-0.3, -0.25) is 14.3 Å². The Labute approximate surface area is 176 Å². The van der Waals surface area contributed by atoms with Crippen LogP contribution >= 0.6 is 0 Å². The molecule has 1 fully saturated rings. The molecule has 2 aromatic carbocycles. The van der Waals surface area contributed by atoms with Gasteiger partial charge in [-0.15, -0.1) is 0 Å². The molecule has 6 heteroatoms. The summed E-state index contributed by atoms with van der Waals surface area (Å²) < 4.78 is 1.64. The molecule has 1 N–H and O–H groups in total. The zero-order valence-electron chi connectivity index (χ0n) is 17.9. The number of aromatic nitrogens is 2. The minimum Gasteiger partial charge on any atom is -0.337 e. The summed E-state index contributed by atoms with van der Waals surface area (Å²) in [6, 6.07) is 11.7. The Morgan fingerprint density at radius 2 is 1.67 bits per heavy atom. The van der Waals surface area contributed by atoms with E-state index in [4.69, 9.17) is 0 Å². The number of amides is 2. The van der Waals surface area contributed by atoms with Crippen LogP contribution in [-0.4, -0.2) is 39.6 Å². The molecule has 4 rings (SSSR count). The standard InChI is InChI=1S/C24H28N4O2/c1-16-13-17(2)22(18(3)14-16)25-21(29)15-28-20-10-6-5-9-19(20)23(26-28)24(30)27-11-7-4-8-12-27/h5-6,9-10,13-14H,4,7-8,11-12,15H2,1-3H3,(H,25,29). The predicted molar refractivity (Wildman–Crippen MR) is 119 cm³/mol.